The first-order chi connectivity index (χ1) is 13.3. The minimum absolute atomic E-state index is 0.139. The van der Waals surface area contributed by atoms with Gasteiger partial charge in [0.15, 0.2) is 5.82 Å². The van der Waals surface area contributed by atoms with Gasteiger partial charge in [-0.15, -0.1) is 0 Å². The second-order valence-electron chi connectivity index (χ2n) is 5.84. The molecule has 0 aliphatic carbocycles. The molecule has 0 radical (unpaired) electrons. The van der Waals surface area contributed by atoms with E-state index in [1.165, 1.54) is 7.11 Å². The highest BCUT2D eigenvalue weighted by Crippen LogP contribution is 2.30. The van der Waals surface area contributed by atoms with Crippen molar-refractivity contribution in [2.75, 3.05) is 7.11 Å². The lowest BCUT2D eigenvalue weighted by Gasteiger charge is -2.17. The molecule has 0 bridgehead atoms. The molecule has 11 heteroatoms. The van der Waals surface area contributed by atoms with Gasteiger partial charge < -0.3 is 4.74 Å². The molecular weight excluding hydrogens is 386 g/mol. The van der Waals surface area contributed by atoms with E-state index in [4.69, 9.17) is 4.74 Å². The lowest BCUT2D eigenvalue weighted by Crippen LogP contribution is -2.30. The third-order valence-corrected chi connectivity index (χ3v) is 5.39. The first kappa shape index (κ1) is 19.5. The quantitative estimate of drug-likeness (QED) is 0.455. The van der Waals surface area contributed by atoms with Gasteiger partial charge in [0, 0.05) is 6.07 Å². The van der Waals surface area contributed by atoms with Crippen LogP contribution in [0.1, 0.15) is 23.3 Å². The first-order valence-corrected chi connectivity index (χ1v) is 9.59. The Morgan fingerprint density at radius 2 is 1.93 bits per heavy atom. The van der Waals surface area contributed by atoms with E-state index in [-0.39, 0.29) is 22.2 Å². The molecule has 0 spiro atoms. The number of hydrogen-bond acceptors (Lipinski definition) is 7. The molecule has 3 aromatic rings. The van der Waals surface area contributed by atoms with E-state index in [0.717, 1.165) is 18.2 Å². The molecule has 1 aromatic heterocycles. The minimum atomic E-state index is -4.12. The molecule has 2 aromatic carbocycles. The summed E-state index contributed by atoms with van der Waals surface area (Å²) >= 11 is 0. The van der Waals surface area contributed by atoms with E-state index in [9.17, 15) is 18.5 Å². The summed E-state index contributed by atoms with van der Waals surface area (Å²) in [7, 11) is -2.88. The zero-order chi connectivity index (χ0) is 20.3. The van der Waals surface area contributed by atoms with Crippen LogP contribution >= 0.6 is 0 Å². The predicted octanol–water partition coefficient (Wildman–Crippen LogP) is 2.10. The lowest BCUT2D eigenvalue weighted by atomic mass is 10.1. The summed E-state index contributed by atoms with van der Waals surface area (Å²) in [5, 5.41) is 17.7. The van der Waals surface area contributed by atoms with Crippen molar-refractivity contribution < 1.29 is 18.1 Å². The molecule has 0 aliphatic heterocycles. The topological polar surface area (TPSA) is 140 Å². The number of benzene rings is 2. The molecular formula is C17H17N5O5S. The number of rotatable bonds is 7. The third-order valence-electron chi connectivity index (χ3n) is 3.93. The second-order valence-corrected chi connectivity index (χ2v) is 7.52. The molecule has 0 aliphatic rings. The van der Waals surface area contributed by atoms with E-state index in [0.29, 0.717) is 11.4 Å². The van der Waals surface area contributed by atoms with E-state index in [1.807, 2.05) is 0 Å². The number of nitro groups is 1. The number of sulfonamides is 1. The summed E-state index contributed by atoms with van der Waals surface area (Å²) in [6.07, 6.45) is 0. The van der Waals surface area contributed by atoms with Crippen molar-refractivity contribution in [2.24, 2.45) is 0 Å². The monoisotopic (exact) mass is 403 g/mol. The van der Waals surface area contributed by atoms with Crippen LogP contribution in [0.3, 0.4) is 0 Å². The smallest absolute Gasteiger partial charge is 0.273 e. The number of ether oxygens (including phenoxy) is 1. The van der Waals surface area contributed by atoms with Gasteiger partial charge in [0.1, 0.15) is 22.5 Å². The number of hydrogen-bond donors (Lipinski definition) is 2. The Labute approximate surface area is 160 Å². The first-order valence-electron chi connectivity index (χ1n) is 8.10. The summed E-state index contributed by atoms with van der Waals surface area (Å²) in [6, 6.07) is 11.2. The van der Waals surface area contributed by atoms with Gasteiger partial charge in [0.05, 0.1) is 18.1 Å². The zero-order valence-corrected chi connectivity index (χ0v) is 15.8. The van der Waals surface area contributed by atoms with Crippen molar-refractivity contribution in [3.8, 4) is 5.75 Å². The number of nitrogens with one attached hydrogen (secondary N) is 2. The molecule has 2 N–H and O–H groups in total. The zero-order valence-electron chi connectivity index (χ0n) is 15.0. The van der Waals surface area contributed by atoms with Crippen LogP contribution in [0, 0.1) is 17.0 Å². The molecule has 0 saturated heterocycles. The van der Waals surface area contributed by atoms with Crippen LogP contribution in [-0.4, -0.2) is 35.6 Å². The fourth-order valence-corrected chi connectivity index (χ4v) is 3.95. The van der Waals surface area contributed by atoms with Crippen LogP contribution in [0.4, 0.5) is 5.69 Å². The van der Waals surface area contributed by atoms with Crippen LogP contribution in [0.15, 0.2) is 53.4 Å². The number of methoxy groups -OCH3 is 1. The molecule has 1 heterocycles. The highest BCUT2D eigenvalue weighted by atomic mass is 32.2. The van der Waals surface area contributed by atoms with Gasteiger partial charge >= 0.3 is 0 Å². The van der Waals surface area contributed by atoms with Gasteiger partial charge in [-0.2, -0.15) is 9.82 Å². The third kappa shape index (κ3) is 4.00. The number of aromatic amines is 1. The fourth-order valence-electron chi connectivity index (χ4n) is 2.61. The Morgan fingerprint density at radius 3 is 2.50 bits per heavy atom. The second kappa shape index (κ2) is 7.74. The summed E-state index contributed by atoms with van der Waals surface area (Å²) in [6.45, 7) is 1.70. The number of aromatic nitrogens is 3. The average Bonchev–Trinajstić information content (AvgIpc) is 3.12. The highest BCUT2D eigenvalue weighted by molar-refractivity contribution is 7.89. The van der Waals surface area contributed by atoms with E-state index < -0.39 is 21.0 Å². The van der Waals surface area contributed by atoms with Crippen LogP contribution in [0.5, 0.6) is 5.75 Å². The van der Waals surface area contributed by atoms with Gasteiger partial charge in [-0.1, -0.05) is 30.3 Å². The van der Waals surface area contributed by atoms with Crippen molar-refractivity contribution in [3.63, 3.8) is 0 Å². The van der Waals surface area contributed by atoms with E-state index in [2.05, 4.69) is 19.9 Å². The Kier molecular flexibility index (Phi) is 5.38. The van der Waals surface area contributed by atoms with Crippen LogP contribution in [0.25, 0.3) is 0 Å². The van der Waals surface area contributed by atoms with Crippen LogP contribution < -0.4 is 9.46 Å². The van der Waals surface area contributed by atoms with Crippen molar-refractivity contribution in [2.45, 2.75) is 17.9 Å². The van der Waals surface area contributed by atoms with Gasteiger partial charge in [0.25, 0.3) is 5.69 Å². The van der Waals surface area contributed by atoms with Gasteiger partial charge in [-0.05, 0) is 18.6 Å². The van der Waals surface area contributed by atoms with Gasteiger partial charge in [-0.3, -0.25) is 15.2 Å². The maximum atomic E-state index is 13.0. The molecule has 0 saturated carbocycles. The Morgan fingerprint density at radius 1 is 1.21 bits per heavy atom. The fraction of sp³-hybridized carbons (Fsp3) is 0.176. The van der Waals surface area contributed by atoms with Crippen molar-refractivity contribution >= 4 is 15.7 Å². The van der Waals surface area contributed by atoms with Crippen LogP contribution in [-0.2, 0) is 10.0 Å². The summed E-state index contributed by atoms with van der Waals surface area (Å²) in [4.78, 5) is 14.3. The van der Waals surface area contributed by atoms with E-state index >= 15 is 0 Å². The van der Waals surface area contributed by atoms with Crippen molar-refractivity contribution in [1.29, 1.82) is 0 Å². The highest BCUT2D eigenvalue weighted by Gasteiger charge is 2.29. The normalized spacial score (nSPS) is 12.5. The molecule has 1 atom stereocenters. The molecule has 146 valence electrons. The average molecular weight is 403 g/mol. The molecule has 28 heavy (non-hydrogen) atoms. The predicted molar refractivity (Wildman–Crippen MR) is 99.4 cm³/mol. The van der Waals surface area contributed by atoms with Crippen molar-refractivity contribution in [3.05, 3.63) is 75.9 Å². The molecule has 3 rings (SSSR count). The number of non-ortho nitro benzene ring substituents is 1. The number of H-pyrrole nitrogens is 1. The minimum Gasteiger partial charge on any atom is -0.495 e. The maximum absolute atomic E-state index is 13.0. The summed E-state index contributed by atoms with van der Waals surface area (Å²) < 4.78 is 33.7. The Hall–Kier alpha value is -3.31. The number of nitrogens with zero attached hydrogens (tertiary/aromatic N) is 3. The SMILES string of the molecule is COc1cc([N+](=O)[O-])ccc1S(=O)(=O)NC(c1ccccc1)c1n[nH]c(C)n1. The number of aryl methyl sites for hydroxylation is 1. The summed E-state index contributed by atoms with van der Waals surface area (Å²) in [5.41, 5.74) is 0.353. The number of nitro benzene ring substituents is 1. The lowest BCUT2D eigenvalue weighted by molar-refractivity contribution is -0.385. The largest absolute Gasteiger partial charge is 0.495 e. The van der Waals surface area contributed by atoms with Gasteiger partial charge in [-0.25, -0.2) is 13.4 Å². The standard InChI is InChI=1S/C17H17N5O5S/c1-11-18-17(20-19-11)16(12-6-4-3-5-7-12)21-28(25,26)15-9-8-13(22(23)24)10-14(15)27-2/h3-10,16,21H,1-2H3,(H,18,19,20). The van der Waals surface area contributed by atoms with Gasteiger partial charge in [0.2, 0.25) is 10.0 Å². The van der Waals surface area contributed by atoms with Crippen molar-refractivity contribution in [1.82, 2.24) is 19.9 Å². The molecule has 1 unspecified atom stereocenters. The summed E-state index contributed by atoms with van der Waals surface area (Å²) in [5.74, 6) is 0.635. The maximum Gasteiger partial charge on any atom is 0.273 e. The molecule has 0 fully saturated rings. The van der Waals surface area contributed by atoms with E-state index in [1.54, 1.807) is 37.3 Å². The Bertz CT molecular complexity index is 1100. The molecule has 0 amide bonds. The Balaban J connectivity index is 2.04. The molecule has 10 nitrogen and oxygen atoms in total. The van der Waals surface area contributed by atoms with Crippen LogP contribution in [0.2, 0.25) is 0 Å².